The van der Waals surface area contributed by atoms with E-state index in [4.69, 9.17) is 0 Å². The van der Waals surface area contributed by atoms with E-state index >= 15 is 0 Å². The zero-order chi connectivity index (χ0) is 21.5. The number of hydrogen-bond donors (Lipinski definition) is 1. The molecule has 3 heterocycles. The lowest BCUT2D eigenvalue weighted by Crippen LogP contribution is -2.48. The van der Waals surface area contributed by atoms with Crippen molar-refractivity contribution >= 4 is 5.84 Å². The first-order chi connectivity index (χ1) is 14.3. The van der Waals surface area contributed by atoms with Crippen molar-refractivity contribution in [1.82, 2.24) is 14.9 Å². The molecule has 154 valence electrons. The molecule has 0 radical (unpaired) electrons. The molecule has 30 heavy (non-hydrogen) atoms. The first-order valence-electron chi connectivity index (χ1n) is 9.49. The summed E-state index contributed by atoms with van der Waals surface area (Å²) in [4.78, 5) is 20.3. The summed E-state index contributed by atoms with van der Waals surface area (Å²) in [6.07, 6.45) is 2.93. The Hall–Kier alpha value is -3.42. The second kappa shape index (κ2) is 7.44. The Labute approximate surface area is 170 Å². The van der Waals surface area contributed by atoms with E-state index in [2.05, 4.69) is 15.3 Å². The smallest absolute Gasteiger partial charge is 0.286 e. The van der Waals surface area contributed by atoms with Crippen molar-refractivity contribution in [3.63, 3.8) is 0 Å². The van der Waals surface area contributed by atoms with Gasteiger partial charge < -0.3 is 9.88 Å². The Morgan fingerprint density at radius 1 is 1.10 bits per heavy atom. The lowest BCUT2D eigenvalue weighted by molar-refractivity contribution is 0.430. The lowest BCUT2D eigenvalue weighted by atomic mass is 9.79. The van der Waals surface area contributed by atoms with E-state index in [1.165, 1.54) is 35.2 Å². The molecule has 1 aromatic carbocycles. The Balaban J connectivity index is 1.86. The molecule has 0 spiro atoms. The maximum Gasteiger partial charge on any atom is 0.286 e. The number of nitrogens with zero attached hydrogens (tertiary/aromatic N) is 3. The van der Waals surface area contributed by atoms with E-state index in [0.717, 1.165) is 6.07 Å². The third kappa shape index (κ3) is 3.18. The topological polar surface area (TPSA) is 59.3 Å². The predicted octanol–water partition coefficient (Wildman–Crippen LogP) is 3.36. The molecule has 0 aliphatic carbocycles. The number of hydrogen-bond acceptors (Lipinski definition) is 4. The van der Waals surface area contributed by atoms with E-state index in [1.807, 2.05) is 6.92 Å². The monoisotopic (exact) mass is 412 g/mol. The first kappa shape index (κ1) is 19.9. The molecule has 2 aromatic heterocycles. The number of pyridine rings is 2. The number of halogens is 3. The normalized spacial score (nSPS) is 20.7. The molecular weight excluding hydrogens is 393 g/mol. The average Bonchev–Trinajstić information content (AvgIpc) is 3.09. The van der Waals surface area contributed by atoms with Crippen LogP contribution in [0.15, 0.2) is 64.6 Å². The van der Waals surface area contributed by atoms with Crippen LogP contribution in [0.5, 0.6) is 0 Å². The van der Waals surface area contributed by atoms with Gasteiger partial charge in [-0.25, -0.2) is 13.8 Å². The highest BCUT2D eigenvalue weighted by atomic mass is 19.1. The molecule has 5 nitrogen and oxygen atoms in total. The number of aliphatic imine (C=N–C) groups is 1. The molecule has 1 aliphatic rings. The van der Waals surface area contributed by atoms with E-state index in [1.54, 1.807) is 25.1 Å². The number of amidine groups is 1. The highest BCUT2D eigenvalue weighted by Gasteiger charge is 2.45. The minimum Gasteiger partial charge on any atom is -0.354 e. The van der Waals surface area contributed by atoms with Gasteiger partial charge >= 0.3 is 0 Å². The summed E-state index contributed by atoms with van der Waals surface area (Å²) in [5.41, 5.74) is 0.0205. The van der Waals surface area contributed by atoms with Gasteiger partial charge in [-0.3, -0.25) is 9.79 Å². The zero-order valence-electron chi connectivity index (χ0n) is 16.4. The summed E-state index contributed by atoms with van der Waals surface area (Å²) in [6, 6.07) is 9.44. The van der Waals surface area contributed by atoms with Gasteiger partial charge in [-0.15, -0.1) is 0 Å². The number of benzene rings is 1. The van der Waals surface area contributed by atoms with Crippen molar-refractivity contribution in [1.29, 1.82) is 0 Å². The summed E-state index contributed by atoms with van der Waals surface area (Å²) < 4.78 is 42.5. The third-order valence-corrected chi connectivity index (χ3v) is 5.40. The van der Waals surface area contributed by atoms with Crippen LogP contribution in [0.3, 0.4) is 0 Å². The fraction of sp³-hybridized carbons (Fsp3) is 0.227. The van der Waals surface area contributed by atoms with Crippen molar-refractivity contribution in [2.75, 3.05) is 0 Å². The van der Waals surface area contributed by atoms with E-state index in [0.29, 0.717) is 29.1 Å². The van der Waals surface area contributed by atoms with Gasteiger partial charge in [0.05, 0.1) is 6.04 Å². The SMILES string of the molecule is CCn1cc(C2=N[C@@H](C)[C@@](c3ccc(F)cc3)(c3ccc(F)nc3)N2)cc(F)c1=O. The number of rotatable bonds is 4. The molecule has 0 saturated carbocycles. The molecule has 2 atom stereocenters. The summed E-state index contributed by atoms with van der Waals surface area (Å²) in [6.45, 7) is 3.89. The molecule has 8 heteroatoms. The van der Waals surface area contributed by atoms with Crippen molar-refractivity contribution in [3.8, 4) is 0 Å². The maximum atomic E-state index is 14.2. The van der Waals surface area contributed by atoms with Crippen LogP contribution >= 0.6 is 0 Å². The summed E-state index contributed by atoms with van der Waals surface area (Å²) in [7, 11) is 0. The molecule has 4 rings (SSSR count). The standard InChI is InChI=1S/C22H19F3N4O/c1-3-29-12-14(10-18(24)21(29)30)20-27-13(2)22(28-20,15-4-7-17(23)8-5-15)16-6-9-19(25)26-11-16/h4-13H,3H2,1-2H3,(H,27,28)/t13-,22+/m0/s1. The van der Waals surface area contributed by atoms with Gasteiger partial charge in [0.1, 0.15) is 17.2 Å². The van der Waals surface area contributed by atoms with Crippen LogP contribution in [0.4, 0.5) is 13.2 Å². The molecule has 0 saturated heterocycles. The molecule has 0 fully saturated rings. The highest BCUT2D eigenvalue weighted by molar-refractivity contribution is 6.01. The van der Waals surface area contributed by atoms with Crippen LogP contribution in [0.2, 0.25) is 0 Å². The predicted molar refractivity (Wildman–Crippen MR) is 107 cm³/mol. The Morgan fingerprint density at radius 3 is 2.43 bits per heavy atom. The average molecular weight is 412 g/mol. The number of aryl methyl sites for hydroxylation is 1. The second-order valence-electron chi connectivity index (χ2n) is 7.13. The van der Waals surface area contributed by atoms with Crippen molar-refractivity contribution in [2.24, 2.45) is 4.99 Å². The molecule has 1 aliphatic heterocycles. The van der Waals surface area contributed by atoms with Crippen LogP contribution in [0, 0.1) is 17.6 Å². The van der Waals surface area contributed by atoms with Gasteiger partial charge in [-0.1, -0.05) is 18.2 Å². The third-order valence-electron chi connectivity index (χ3n) is 5.40. The van der Waals surface area contributed by atoms with Crippen LogP contribution in [-0.4, -0.2) is 21.4 Å². The minimum atomic E-state index is -0.979. The van der Waals surface area contributed by atoms with Crippen LogP contribution < -0.4 is 10.9 Å². The van der Waals surface area contributed by atoms with E-state index < -0.39 is 34.7 Å². The molecule has 1 N–H and O–H groups in total. The van der Waals surface area contributed by atoms with Gasteiger partial charge in [0.15, 0.2) is 5.82 Å². The second-order valence-corrected chi connectivity index (χ2v) is 7.13. The minimum absolute atomic E-state index is 0.303. The van der Waals surface area contributed by atoms with Crippen molar-refractivity contribution < 1.29 is 13.2 Å². The summed E-state index contributed by atoms with van der Waals surface area (Å²) >= 11 is 0. The molecule has 3 aromatic rings. The van der Waals surface area contributed by atoms with Crippen LogP contribution in [0.1, 0.15) is 30.5 Å². The van der Waals surface area contributed by atoms with Crippen molar-refractivity contribution in [3.05, 3.63) is 99.5 Å². The van der Waals surface area contributed by atoms with Gasteiger partial charge in [0.25, 0.3) is 5.56 Å². The Morgan fingerprint density at radius 2 is 1.80 bits per heavy atom. The van der Waals surface area contributed by atoms with Gasteiger partial charge in [0, 0.05) is 30.1 Å². The fourth-order valence-corrected chi connectivity index (χ4v) is 3.84. The van der Waals surface area contributed by atoms with E-state index in [-0.39, 0.29) is 0 Å². The Bertz CT molecular complexity index is 1120. The number of nitrogens with one attached hydrogen (secondary N) is 1. The zero-order valence-corrected chi connectivity index (χ0v) is 16.4. The van der Waals surface area contributed by atoms with Gasteiger partial charge in [-0.05, 0) is 43.7 Å². The van der Waals surface area contributed by atoms with Gasteiger partial charge in [0.2, 0.25) is 5.95 Å². The lowest BCUT2D eigenvalue weighted by Gasteiger charge is -2.34. The maximum absolute atomic E-state index is 14.2. The fourth-order valence-electron chi connectivity index (χ4n) is 3.84. The molecule has 0 bridgehead atoms. The molecule has 0 unspecified atom stereocenters. The van der Waals surface area contributed by atoms with E-state index in [9.17, 15) is 18.0 Å². The van der Waals surface area contributed by atoms with Crippen molar-refractivity contribution in [2.45, 2.75) is 32.0 Å². The Kier molecular flexibility index (Phi) is 4.93. The first-order valence-corrected chi connectivity index (χ1v) is 9.49. The molecular formula is C22H19F3N4O. The van der Waals surface area contributed by atoms with Gasteiger partial charge in [-0.2, -0.15) is 4.39 Å². The quantitative estimate of drug-likeness (QED) is 0.669. The van der Waals surface area contributed by atoms with Crippen LogP contribution in [0.25, 0.3) is 0 Å². The summed E-state index contributed by atoms with van der Waals surface area (Å²) in [5, 5.41) is 3.32. The molecule has 0 amide bonds. The number of aromatic nitrogens is 2. The van der Waals surface area contributed by atoms with Crippen LogP contribution in [-0.2, 0) is 12.1 Å². The largest absolute Gasteiger partial charge is 0.354 e. The summed E-state index contributed by atoms with van der Waals surface area (Å²) in [5.74, 6) is -1.53. The highest BCUT2D eigenvalue weighted by Crippen LogP contribution is 2.38.